The quantitative estimate of drug-likeness (QED) is 0.615. The highest BCUT2D eigenvalue weighted by atomic mass is 15.0. The van der Waals surface area contributed by atoms with E-state index in [1.165, 1.54) is 64.5 Å². The van der Waals surface area contributed by atoms with E-state index in [2.05, 4.69) is 24.5 Å². The van der Waals surface area contributed by atoms with Gasteiger partial charge in [0.1, 0.15) is 0 Å². The number of unbranched alkanes of at least 4 members (excludes halogenated alkanes) is 3. The van der Waals surface area contributed by atoms with Crippen LogP contribution in [0.15, 0.2) is 0 Å². The molecule has 0 amide bonds. The fourth-order valence-electron chi connectivity index (χ4n) is 3.61. The predicted octanol–water partition coefficient (Wildman–Crippen LogP) is 3.32. The predicted molar refractivity (Wildman–Crippen MR) is 78.8 cm³/mol. The van der Waals surface area contributed by atoms with Gasteiger partial charge >= 0.3 is 0 Å². The van der Waals surface area contributed by atoms with Gasteiger partial charge in [0, 0.05) is 12.1 Å². The molecule has 106 valence electrons. The molecule has 2 aliphatic rings. The SMILES string of the molecule is CC(C)CCCCCCNCC1CC2CCC1N2. The van der Waals surface area contributed by atoms with Crippen LogP contribution in [0.1, 0.15) is 65.2 Å². The van der Waals surface area contributed by atoms with Crippen LogP contribution in [-0.4, -0.2) is 25.2 Å². The molecule has 3 unspecified atom stereocenters. The van der Waals surface area contributed by atoms with Crippen molar-refractivity contribution in [2.24, 2.45) is 11.8 Å². The Kier molecular flexibility index (Phi) is 5.97. The average Bonchev–Trinajstić information content (AvgIpc) is 2.94. The van der Waals surface area contributed by atoms with Gasteiger partial charge in [-0.1, -0.05) is 39.5 Å². The van der Waals surface area contributed by atoms with Crippen molar-refractivity contribution in [2.45, 2.75) is 77.3 Å². The van der Waals surface area contributed by atoms with Gasteiger partial charge in [-0.05, 0) is 50.6 Å². The van der Waals surface area contributed by atoms with Crippen molar-refractivity contribution in [3.8, 4) is 0 Å². The van der Waals surface area contributed by atoms with E-state index in [1.807, 2.05) is 0 Å². The monoisotopic (exact) mass is 252 g/mol. The first-order valence-corrected chi connectivity index (χ1v) is 8.22. The molecule has 2 nitrogen and oxygen atoms in total. The normalized spacial score (nSPS) is 30.5. The van der Waals surface area contributed by atoms with Crippen molar-refractivity contribution >= 4 is 0 Å². The van der Waals surface area contributed by atoms with Gasteiger partial charge in [-0.25, -0.2) is 0 Å². The number of nitrogens with one attached hydrogen (secondary N) is 2. The molecule has 2 heteroatoms. The second kappa shape index (κ2) is 7.49. The van der Waals surface area contributed by atoms with Crippen LogP contribution in [0.3, 0.4) is 0 Å². The van der Waals surface area contributed by atoms with Crippen molar-refractivity contribution < 1.29 is 0 Å². The second-order valence-corrected chi connectivity index (χ2v) is 6.84. The van der Waals surface area contributed by atoms with Crippen LogP contribution in [0.25, 0.3) is 0 Å². The van der Waals surface area contributed by atoms with E-state index >= 15 is 0 Å². The fraction of sp³-hybridized carbons (Fsp3) is 1.00. The molecule has 2 saturated heterocycles. The molecule has 2 heterocycles. The molecule has 2 N–H and O–H groups in total. The molecule has 2 rings (SSSR count). The van der Waals surface area contributed by atoms with Gasteiger partial charge in [0.2, 0.25) is 0 Å². The standard InChI is InChI=1S/C16H32N2/c1-13(2)7-5-3-4-6-10-17-12-14-11-15-8-9-16(14)18-15/h13-18H,3-12H2,1-2H3. The molecule has 0 aliphatic carbocycles. The fourth-order valence-corrected chi connectivity index (χ4v) is 3.61. The third-order valence-electron chi connectivity index (χ3n) is 4.72. The number of hydrogen-bond donors (Lipinski definition) is 2. The Morgan fingerprint density at radius 2 is 1.94 bits per heavy atom. The highest BCUT2D eigenvalue weighted by Crippen LogP contribution is 2.32. The van der Waals surface area contributed by atoms with E-state index in [4.69, 9.17) is 0 Å². The lowest BCUT2D eigenvalue weighted by Gasteiger charge is -2.20. The highest BCUT2D eigenvalue weighted by molar-refractivity contribution is 4.97. The third-order valence-corrected chi connectivity index (χ3v) is 4.72. The van der Waals surface area contributed by atoms with E-state index in [9.17, 15) is 0 Å². The first-order valence-electron chi connectivity index (χ1n) is 8.22. The minimum Gasteiger partial charge on any atom is -0.316 e. The molecule has 0 spiro atoms. The Morgan fingerprint density at radius 1 is 1.11 bits per heavy atom. The van der Waals surface area contributed by atoms with E-state index in [0.717, 1.165) is 23.9 Å². The van der Waals surface area contributed by atoms with Gasteiger partial charge in [0.05, 0.1) is 0 Å². The third kappa shape index (κ3) is 4.55. The lowest BCUT2D eigenvalue weighted by Crippen LogP contribution is -2.32. The summed E-state index contributed by atoms with van der Waals surface area (Å²) in [4.78, 5) is 0. The van der Waals surface area contributed by atoms with Crippen molar-refractivity contribution in [1.29, 1.82) is 0 Å². The Bertz CT molecular complexity index is 227. The van der Waals surface area contributed by atoms with Crippen LogP contribution in [0.2, 0.25) is 0 Å². The molecular formula is C16H32N2. The molecule has 3 atom stereocenters. The molecule has 0 aromatic heterocycles. The van der Waals surface area contributed by atoms with E-state index in [0.29, 0.717) is 0 Å². The second-order valence-electron chi connectivity index (χ2n) is 6.84. The topological polar surface area (TPSA) is 24.1 Å². The molecule has 2 bridgehead atoms. The first-order chi connectivity index (χ1) is 8.75. The van der Waals surface area contributed by atoms with Crippen LogP contribution in [0, 0.1) is 11.8 Å². The van der Waals surface area contributed by atoms with Gasteiger partial charge in [0.15, 0.2) is 0 Å². The number of rotatable bonds is 9. The number of hydrogen-bond acceptors (Lipinski definition) is 2. The summed E-state index contributed by atoms with van der Waals surface area (Å²) >= 11 is 0. The Balaban J connectivity index is 1.38. The molecule has 18 heavy (non-hydrogen) atoms. The molecular weight excluding hydrogens is 220 g/mol. The van der Waals surface area contributed by atoms with Crippen molar-refractivity contribution in [3.05, 3.63) is 0 Å². The summed E-state index contributed by atoms with van der Waals surface area (Å²) in [6.45, 7) is 7.13. The number of fused-ring (bicyclic) bond motifs is 2. The summed E-state index contributed by atoms with van der Waals surface area (Å²) in [6, 6.07) is 1.70. The Morgan fingerprint density at radius 3 is 2.61 bits per heavy atom. The van der Waals surface area contributed by atoms with Crippen LogP contribution >= 0.6 is 0 Å². The summed E-state index contributed by atoms with van der Waals surface area (Å²) in [5.41, 5.74) is 0. The lowest BCUT2D eigenvalue weighted by atomic mass is 9.89. The maximum absolute atomic E-state index is 3.72. The Labute approximate surface area is 113 Å². The Hall–Kier alpha value is -0.0800. The molecule has 0 radical (unpaired) electrons. The molecule has 2 fully saturated rings. The first kappa shape index (κ1) is 14.3. The minimum absolute atomic E-state index is 0.841. The zero-order valence-electron chi connectivity index (χ0n) is 12.4. The van der Waals surface area contributed by atoms with Crippen molar-refractivity contribution in [2.75, 3.05) is 13.1 Å². The highest BCUT2D eigenvalue weighted by Gasteiger charge is 2.38. The summed E-state index contributed by atoms with van der Waals surface area (Å²) in [5.74, 6) is 1.80. The maximum Gasteiger partial charge on any atom is 0.0111 e. The van der Waals surface area contributed by atoms with Crippen LogP contribution < -0.4 is 10.6 Å². The van der Waals surface area contributed by atoms with Crippen molar-refractivity contribution in [3.63, 3.8) is 0 Å². The lowest BCUT2D eigenvalue weighted by molar-refractivity contribution is 0.381. The smallest absolute Gasteiger partial charge is 0.0111 e. The molecule has 0 aromatic carbocycles. The van der Waals surface area contributed by atoms with Crippen LogP contribution in [0.4, 0.5) is 0 Å². The summed E-state index contributed by atoms with van der Waals surface area (Å²) < 4.78 is 0. The molecule has 2 aliphatic heterocycles. The van der Waals surface area contributed by atoms with E-state index in [1.54, 1.807) is 0 Å². The average molecular weight is 252 g/mol. The van der Waals surface area contributed by atoms with E-state index < -0.39 is 0 Å². The van der Waals surface area contributed by atoms with Gasteiger partial charge in [-0.3, -0.25) is 0 Å². The van der Waals surface area contributed by atoms with Gasteiger partial charge in [-0.2, -0.15) is 0 Å². The van der Waals surface area contributed by atoms with Gasteiger partial charge < -0.3 is 10.6 Å². The van der Waals surface area contributed by atoms with E-state index in [-0.39, 0.29) is 0 Å². The maximum atomic E-state index is 3.72. The summed E-state index contributed by atoms with van der Waals surface area (Å²) in [5, 5.41) is 7.39. The zero-order chi connectivity index (χ0) is 12.8. The molecule has 0 saturated carbocycles. The largest absolute Gasteiger partial charge is 0.316 e. The van der Waals surface area contributed by atoms with Crippen LogP contribution in [-0.2, 0) is 0 Å². The summed E-state index contributed by atoms with van der Waals surface area (Å²) in [7, 11) is 0. The zero-order valence-corrected chi connectivity index (χ0v) is 12.4. The van der Waals surface area contributed by atoms with Crippen molar-refractivity contribution in [1.82, 2.24) is 10.6 Å². The van der Waals surface area contributed by atoms with Gasteiger partial charge in [0.25, 0.3) is 0 Å². The van der Waals surface area contributed by atoms with Gasteiger partial charge in [-0.15, -0.1) is 0 Å². The van der Waals surface area contributed by atoms with Crippen LogP contribution in [0.5, 0.6) is 0 Å². The summed E-state index contributed by atoms with van der Waals surface area (Å²) in [6.07, 6.45) is 11.3. The minimum atomic E-state index is 0.841. The molecule has 0 aromatic rings.